The van der Waals surface area contributed by atoms with E-state index in [2.05, 4.69) is 22.4 Å². The summed E-state index contributed by atoms with van der Waals surface area (Å²) in [6.45, 7) is 5.32. The molecule has 3 rings (SSSR count). The van der Waals surface area contributed by atoms with Gasteiger partial charge in [0.05, 0.1) is 5.02 Å². The lowest BCUT2D eigenvalue weighted by atomic mass is 10.1. The molecular weight excluding hydrogens is 365 g/mol. The van der Waals surface area contributed by atoms with E-state index in [0.29, 0.717) is 14.9 Å². The number of amides is 1. The lowest BCUT2D eigenvalue weighted by molar-refractivity contribution is 0.0958. The highest BCUT2D eigenvalue weighted by Crippen LogP contribution is 2.36. The maximum atomic E-state index is 12.4. The number of fused-ring (bicyclic) bond motifs is 1. The number of hydrazone groups is 1. The van der Waals surface area contributed by atoms with Gasteiger partial charge in [-0.15, -0.1) is 11.3 Å². The number of nitrogens with one attached hydrogen (secondary N) is 1. The Morgan fingerprint density at radius 1 is 1.33 bits per heavy atom. The summed E-state index contributed by atoms with van der Waals surface area (Å²) in [5.41, 5.74) is 3.69. The van der Waals surface area contributed by atoms with Crippen molar-refractivity contribution in [3.63, 3.8) is 0 Å². The van der Waals surface area contributed by atoms with Crippen LogP contribution in [-0.4, -0.2) is 36.2 Å². The minimum Gasteiger partial charge on any atom is -0.303 e. The number of benzene rings is 1. The molecule has 4 nitrogen and oxygen atoms in total. The molecule has 0 radical (unpaired) electrons. The third kappa shape index (κ3) is 3.91. The summed E-state index contributed by atoms with van der Waals surface area (Å²) in [6.07, 6.45) is 2.96. The summed E-state index contributed by atoms with van der Waals surface area (Å²) in [5.74, 6) is -0.263. The zero-order valence-corrected chi connectivity index (χ0v) is 15.8. The zero-order valence-electron chi connectivity index (χ0n) is 13.4. The van der Waals surface area contributed by atoms with Crippen molar-refractivity contribution in [2.45, 2.75) is 26.2 Å². The van der Waals surface area contributed by atoms with Gasteiger partial charge in [-0.25, -0.2) is 5.43 Å². The number of carbonyl (C=O) groups is 1. The van der Waals surface area contributed by atoms with E-state index in [-0.39, 0.29) is 5.91 Å². The summed E-state index contributed by atoms with van der Waals surface area (Å²) < 4.78 is 0.901. The SMILES string of the molecule is CCCN1CCC(=NNC(=O)c2sc3cc(Cl)ccc3c2Cl)CC1. The molecule has 1 aliphatic heterocycles. The molecule has 1 N–H and O–H groups in total. The minimum atomic E-state index is -0.263. The Labute approximate surface area is 155 Å². The topological polar surface area (TPSA) is 44.7 Å². The van der Waals surface area contributed by atoms with Gasteiger partial charge >= 0.3 is 0 Å². The van der Waals surface area contributed by atoms with Gasteiger partial charge < -0.3 is 4.90 Å². The summed E-state index contributed by atoms with van der Waals surface area (Å²) in [7, 11) is 0. The van der Waals surface area contributed by atoms with E-state index in [9.17, 15) is 4.79 Å². The molecule has 24 heavy (non-hydrogen) atoms. The number of likely N-dealkylation sites (tertiary alicyclic amines) is 1. The Kier molecular flexibility index (Phi) is 5.76. The van der Waals surface area contributed by atoms with Crippen LogP contribution in [0.2, 0.25) is 10.0 Å². The second-order valence-electron chi connectivity index (χ2n) is 5.85. The van der Waals surface area contributed by atoms with Gasteiger partial charge in [-0.2, -0.15) is 5.10 Å². The van der Waals surface area contributed by atoms with Crippen molar-refractivity contribution in [2.75, 3.05) is 19.6 Å². The number of rotatable bonds is 4. The molecule has 1 aromatic heterocycles. The first-order chi connectivity index (χ1) is 11.6. The number of thiophene rings is 1. The second-order valence-corrected chi connectivity index (χ2v) is 7.71. The first kappa shape index (κ1) is 17.7. The highest BCUT2D eigenvalue weighted by molar-refractivity contribution is 7.21. The normalized spacial score (nSPS) is 15.7. The molecule has 2 heterocycles. The molecule has 1 saturated heterocycles. The summed E-state index contributed by atoms with van der Waals surface area (Å²) in [5, 5.41) is 6.23. The van der Waals surface area contributed by atoms with Crippen LogP contribution in [0.25, 0.3) is 10.1 Å². The summed E-state index contributed by atoms with van der Waals surface area (Å²) in [4.78, 5) is 15.3. The van der Waals surface area contributed by atoms with Crippen molar-refractivity contribution in [1.29, 1.82) is 0 Å². The fourth-order valence-electron chi connectivity index (χ4n) is 2.83. The molecule has 1 aromatic carbocycles. The summed E-state index contributed by atoms with van der Waals surface area (Å²) in [6, 6.07) is 5.43. The number of piperidine rings is 1. The van der Waals surface area contributed by atoms with Crippen molar-refractivity contribution in [3.8, 4) is 0 Å². The van der Waals surface area contributed by atoms with Gasteiger partial charge in [-0.3, -0.25) is 4.79 Å². The van der Waals surface area contributed by atoms with Gasteiger partial charge in [0.25, 0.3) is 5.91 Å². The smallest absolute Gasteiger partial charge is 0.283 e. The molecule has 7 heteroatoms. The van der Waals surface area contributed by atoms with Gasteiger partial charge in [0.2, 0.25) is 0 Å². The molecule has 0 saturated carbocycles. The minimum absolute atomic E-state index is 0.263. The van der Waals surface area contributed by atoms with Crippen LogP contribution in [0.3, 0.4) is 0 Å². The van der Waals surface area contributed by atoms with E-state index >= 15 is 0 Å². The van der Waals surface area contributed by atoms with Crippen molar-refractivity contribution in [2.24, 2.45) is 5.10 Å². The Morgan fingerprint density at radius 3 is 2.79 bits per heavy atom. The van der Waals surface area contributed by atoms with Crippen LogP contribution in [0, 0.1) is 0 Å². The van der Waals surface area contributed by atoms with Gasteiger partial charge in [0.15, 0.2) is 0 Å². The Balaban J connectivity index is 1.67. The van der Waals surface area contributed by atoms with Crippen molar-refractivity contribution < 1.29 is 4.79 Å². The Morgan fingerprint density at radius 2 is 2.08 bits per heavy atom. The predicted octanol–water partition coefficient (Wildman–Crippen LogP) is 4.80. The number of hydrogen-bond acceptors (Lipinski definition) is 4. The van der Waals surface area contributed by atoms with Crippen molar-refractivity contribution in [1.82, 2.24) is 10.3 Å². The molecule has 0 aliphatic carbocycles. The second kappa shape index (κ2) is 7.83. The molecule has 128 valence electrons. The fourth-order valence-corrected chi connectivity index (χ4v) is 4.51. The lowest BCUT2D eigenvalue weighted by Crippen LogP contribution is -2.35. The quantitative estimate of drug-likeness (QED) is 0.770. The third-order valence-corrected chi connectivity index (χ3v) is 5.98. The largest absolute Gasteiger partial charge is 0.303 e. The molecule has 2 aromatic rings. The standard InChI is InChI=1S/C17H19Cl2N3OS/c1-2-7-22-8-5-12(6-9-22)20-21-17(23)16-15(19)13-4-3-11(18)10-14(13)24-16/h3-4,10H,2,5-9H2,1H3,(H,21,23). The van der Waals surface area contributed by atoms with Crippen LogP contribution in [0.4, 0.5) is 0 Å². The fraction of sp³-hybridized carbons (Fsp3) is 0.412. The van der Waals surface area contributed by atoms with Crippen LogP contribution < -0.4 is 5.43 Å². The van der Waals surface area contributed by atoms with Crippen LogP contribution in [0.15, 0.2) is 23.3 Å². The van der Waals surface area contributed by atoms with Gasteiger partial charge in [-0.1, -0.05) is 36.2 Å². The molecule has 1 amide bonds. The molecule has 0 atom stereocenters. The van der Waals surface area contributed by atoms with E-state index in [0.717, 1.165) is 54.7 Å². The average molecular weight is 384 g/mol. The van der Waals surface area contributed by atoms with E-state index in [4.69, 9.17) is 23.2 Å². The van der Waals surface area contributed by atoms with Crippen molar-refractivity contribution >= 4 is 56.2 Å². The van der Waals surface area contributed by atoms with Gasteiger partial charge in [0.1, 0.15) is 4.88 Å². The Hall–Kier alpha value is -1.14. The van der Waals surface area contributed by atoms with Crippen molar-refractivity contribution in [3.05, 3.63) is 33.1 Å². The molecule has 0 unspecified atom stereocenters. The van der Waals surface area contributed by atoms with E-state index in [1.807, 2.05) is 12.1 Å². The molecule has 1 fully saturated rings. The van der Waals surface area contributed by atoms with Crippen LogP contribution in [0.5, 0.6) is 0 Å². The number of carbonyl (C=O) groups excluding carboxylic acids is 1. The maximum absolute atomic E-state index is 12.4. The lowest BCUT2D eigenvalue weighted by Gasteiger charge is -2.26. The number of hydrogen-bond donors (Lipinski definition) is 1. The molecular formula is C17H19Cl2N3OS. The Bertz CT molecular complexity index is 777. The highest BCUT2D eigenvalue weighted by atomic mass is 35.5. The first-order valence-electron chi connectivity index (χ1n) is 8.04. The number of nitrogens with zero attached hydrogens (tertiary/aromatic N) is 2. The van der Waals surface area contributed by atoms with Crippen LogP contribution in [-0.2, 0) is 0 Å². The maximum Gasteiger partial charge on any atom is 0.283 e. The van der Waals surface area contributed by atoms with E-state index in [1.54, 1.807) is 6.07 Å². The highest BCUT2D eigenvalue weighted by Gasteiger charge is 2.18. The van der Waals surface area contributed by atoms with Gasteiger partial charge in [-0.05, 0) is 25.1 Å². The monoisotopic (exact) mass is 383 g/mol. The van der Waals surface area contributed by atoms with E-state index in [1.165, 1.54) is 11.3 Å². The summed E-state index contributed by atoms with van der Waals surface area (Å²) >= 11 is 13.7. The van der Waals surface area contributed by atoms with Crippen LogP contribution >= 0.6 is 34.5 Å². The predicted molar refractivity (Wildman–Crippen MR) is 103 cm³/mol. The number of halogens is 2. The zero-order chi connectivity index (χ0) is 17.1. The molecule has 1 aliphatic rings. The average Bonchev–Trinajstić information content (AvgIpc) is 2.90. The van der Waals surface area contributed by atoms with Gasteiger partial charge in [0, 0.05) is 46.8 Å². The molecule has 0 bridgehead atoms. The third-order valence-electron chi connectivity index (χ3n) is 4.09. The molecule has 0 spiro atoms. The first-order valence-corrected chi connectivity index (χ1v) is 9.61. The van der Waals surface area contributed by atoms with Crippen LogP contribution in [0.1, 0.15) is 35.9 Å². The van der Waals surface area contributed by atoms with E-state index < -0.39 is 0 Å².